The van der Waals surface area contributed by atoms with Crippen LogP contribution in [0, 0.1) is 11.8 Å². The van der Waals surface area contributed by atoms with Gasteiger partial charge in [-0.05, 0) is 34.2 Å². The van der Waals surface area contributed by atoms with Gasteiger partial charge in [0.2, 0.25) is 0 Å². The summed E-state index contributed by atoms with van der Waals surface area (Å²) < 4.78 is 36.1. The minimum Gasteiger partial charge on any atom is -0.376 e. The molecule has 2 unspecified atom stereocenters. The fourth-order valence-corrected chi connectivity index (χ4v) is 2.69. The molecule has 0 bridgehead atoms. The van der Waals surface area contributed by atoms with Crippen LogP contribution >= 0.6 is 15.9 Å². The minimum atomic E-state index is -4.82. The van der Waals surface area contributed by atoms with E-state index in [0.717, 1.165) is 6.42 Å². The highest BCUT2D eigenvalue weighted by atomic mass is 79.9. The van der Waals surface area contributed by atoms with E-state index < -0.39 is 16.4 Å². The molecule has 0 aromatic heterocycles. The molecule has 0 amide bonds. The maximum absolute atomic E-state index is 12.2. The van der Waals surface area contributed by atoms with Crippen LogP contribution in [0.5, 0.6) is 0 Å². The topological polar surface area (TPSA) is 20.3 Å². The number of carbonyl (C=O) groups is 1. The highest BCUT2D eigenvalue weighted by Gasteiger charge is 2.40. The summed E-state index contributed by atoms with van der Waals surface area (Å²) in [6.07, 6.45) is -2.49. The van der Waals surface area contributed by atoms with Gasteiger partial charge < -0.3 is 4.90 Å². The molecule has 0 radical (unpaired) electrons. The zero-order valence-electron chi connectivity index (χ0n) is 9.72. The van der Waals surface area contributed by atoms with Gasteiger partial charge in [0.15, 0.2) is 0 Å². The number of ketones is 1. The quantitative estimate of drug-likeness (QED) is 0.729. The summed E-state index contributed by atoms with van der Waals surface area (Å²) in [6, 6.07) is 0. The largest absolute Gasteiger partial charge is 0.455 e. The van der Waals surface area contributed by atoms with Crippen molar-refractivity contribution in [2.75, 3.05) is 13.1 Å². The number of hydrogen-bond acceptors (Lipinski definition) is 2. The number of allylic oxidation sites excluding steroid dienone is 1. The van der Waals surface area contributed by atoms with Gasteiger partial charge >= 0.3 is 6.18 Å². The van der Waals surface area contributed by atoms with Crippen molar-refractivity contribution >= 4 is 21.7 Å². The molecule has 98 valence electrons. The molecule has 0 N–H and O–H groups in total. The van der Waals surface area contributed by atoms with Crippen molar-refractivity contribution in [3.63, 3.8) is 0 Å². The maximum atomic E-state index is 12.2. The fourth-order valence-electron chi connectivity index (χ4n) is 2.17. The number of hydrogen-bond donors (Lipinski definition) is 0. The minimum absolute atomic E-state index is 0.425. The van der Waals surface area contributed by atoms with Crippen molar-refractivity contribution in [2.24, 2.45) is 11.8 Å². The zero-order chi connectivity index (χ0) is 13.2. The average Bonchev–Trinajstić information content (AvgIpc) is 2.13. The van der Waals surface area contributed by atoms with Crippen LogP contribution in [0.15, 0.2) is 10.7 Å². The van der Waals surface area contributed by atoms with E-state index in [4.69, 9.17) is 0 Å². The van der Waals surface area contributed by atoms with E-state index in [1.165, 1.54) is 6.20 Å². The molecule has 2 atom stereocenters. The molecule has 1 aliphatic rings. The van der Waals surface area contributed by atoms with Crippen LogP contribution in [-0.2, 0) is 4.79 Å². The van der Waals surface area contributed by atoms with Gasteiger partial charge in [-0.25, -0.2) is 0 Å². The highest BCUT2D eigenvalue weighted by Crippen LogP contribution is 2.26. The van der Waals surface area contributed by atoms with Crippen LogP contribution < -0.4 is 0 Å². The van der Waals surface area contributed by atoms with E-state index in [1.54, 1.807) is 4.90 Å². The van der Waals surface area contributed by atoms with Crippen LogP contribution in [0.1, 0.15) is 20.3 Å². The number of likely N-dealkylation sites (tertiary alicyclic amines) is 1. The Morgan fingerprint density at radius 3 is 2.18 bits per heavy atom. The third-order valence-corrected chi connectivity index (χ3v) is 3.23. The molecule has 17 heavy (non-hydrogen) atoms. The second-order valence-electron chi connectivity index (χ2n) is 4.70. The van der Waals surface area contributed by atoms with Gasteiger partial charge in [0, 0.05) is 19.3 Å². The number of carbonyl (C=O) groups excluding carboxylic acids is 1. The molecule has 1 aliphatic heterocycles. The van der Waals surface area contributed by atoms with E-state index in [0.29, 0.717) is 24.9 Å². The van der Waals surface area contributed by atoms with E-state index in [2.05, 4.69) is 29.8 Å². The number of halogens is 4. The summed E-state index contributed by atoms with van der Waals surface area (Å²) in [4.78, 5) is 12.7. The normalized spacial score (nSPS) is 27.2. The summed E-state index contributed by atoms with van der Waals surface area (Å²) in [5.74, 6) is -0.976. The van der Waals surface area contributed by atoms with Crippen molar-refractivity contribution in [2.45, 2.75) is 26.4 Å². The first-order chi connectivity index (χ1) is 7.70. The number of alkyl halides is 3. The lowest BCUT2D eigenvalue weighted by molar-refractivity contribution is -0.165. The Labute approximate surface area is 107 Å². The highest BCUT2D eigenvalue weighted by molar-refractivity contribution is 9.12. The third kappa shape index (κ3) is 4.33. The van der Waals surface area contributed by atoms with Gasteiger partial charge in [-0.15, -0.1) is 0 Å². The van der Waals surface area contributed by atoms with Gasteiger partial charge in [0.25, 0.3) is 5.78 Å². The van der Waals surface area contributed by atoms with Gasteiger partial charge in [-0.1, -0.05) is 13.8 Å². The second-order valence-corrected chi connectivity index (χ2v) is 5.56. The Bertz CT molecular complexity index is 317. The Hall–Kier alpha value is -0.520. The van der Waals surface area contributed by atoms with Crippen LogP contribution in [-0.4, -0.2) is 29.9 Å². The number of nitrogens with zero attached hydrogens (tertiary/aromatic N) is 1. The second kappa shape index (κ2) is 5.42. The van der Waals surface area contributed by atoms with Crippen LogP contribution in [0.4, 0.5) is 13.2 Å². The van der Waals surface area contributed by atoms with Crippen molar-refractivity contribution in [3.8, 4) is 0 Å². The summed E-state index contributed by atoms with van der Waals surface area (Å²) in [6.45, 7) is 5.47. The van der Waals surface area contributed by atoms with Gasteiger partial charge in [0.1, 0.15) is 0 Å². The van der Waals surface area contributed by atoms with Crippen molar-refractivity contribution < 1.29 is 18.0 Å². The Morgan fingerprint density at radius 2 is 1.76 bits per heavy atom. The molecule has 6 heteroatoms. The number of piperidine rings is 1. The van der Waals surface area contributed by atoms with E-state index in [1.807, 2.05) is 0 Å². The SMILES string of the molecule is CC1CC(C)CN(/C=C(/Br)C(=O)C(F)(F)F)C1. The summed E-state index contributed by atoms with van der Waals surface area (Å²) in [5.41, 5.74) is 0. The average molecular weight is 314 g/mol. The first-order valence-corrected chi connectivity index (χ1v) is 6.22. The monoisotopic (exact) mass is 313 g/mol. The fraction of sp³-hybridized carbons (Fsp3) is 0.727. The molecule has 1 rings (SSSR count). The van der Waals surface area contributed by atoms with E-state index in [9.17, 15) is 18.0 Å². The lowest BCUT2D eigenvalue weighted by Gasteiger charge is -2.34. The molecule has 2 nitrogen and oxygen atoms in total. The molecular formula is C11H15BrF3NO. The van der Waals surface area contributed by atoms with Gasteiger partial charge in [-0.3, -0.25) is 4.79 Å². The maximum Gasteiger partial charge on any atom is 0.455 e. The molecule has 1 saturated heterocycles. The Morgan fingerprint density at radius 1 is 1.29 bits per heavy atom. The predicted molar refractivity (Wildman–Crippen MR) is 62.6 cm³/mol. The predicted octanol–water partition coefficient (Wildman–Crippen LogP) is 3.33. The Balaban J connectivity index is 2.71. The zero-order valence-corrected chi connectivity index (χ0v) is 11.3. The number of rotatable bonds is 2. The third-order valence-electron chi connectivity index (χ3n) is 2.67. The number of Topliss-reactive ketones (excluding diaryl/α,β-unsaturated/α-hetero) is 1. The van der Waals surface area contributed by atoms with Gasteiger partial charge in [0.05, 0.1) is 4.48 Å². The molecule has 0 aromatic rings. The van der Waals surface area contributed by atoms with Crippen molar-refractivity contribution in [1.82, 2.24) is 4.90 Å². The summed E-state index contributed by atoms with van der Waals surface area (Å²) >= 11 is 2.70. The first-order valence-electron chi connectivity index (χ1n) is 5.43. The van der Waals surface area contributed by atoms with Gasteiger partial charge in [-0.2, -0.15) is 13.2 Å². The van der Waals surface area contributed by atoms with E-state index >= 15 is 0 Å². The first kappa shape index (κ1) is 14.5. The molecule has 1 fully saturated rings. The van der Waals surface area contributed by atoms with Crippen LogP contribution in [0.3, 0.4) is 0 Å². The van der Waals surface area contributed by atoms with Crippen molar-refractivity contribution in [1.29, 1.82) is 0 Å². The lowest BCUT2D eigenvalue weighted by atomic mass is 9.92. The molecular weight excluding hydrogens is 299 g/mol. The molecule has 0 aliphatic carbocycles. The standard InChI is InChI=1S/C11H15BrF3NO/c1-7-3-8(2)5-16(4-7)6-9(12)10(17)11(13,14)15/h6-8H,3-5H2,1-2H3/b9-6+. The molecule has 0 aromatic carbocycles. The van der Waals surface area contributed by atoms with Crippen molar-refractivity contribution in [3.05, 3.63) is 10.7 Å². The van der Waals surface area contributed by atoms with Crippen LogP contribution in [0.2, 0.25) is 0 Å². The summed E-state index contributed by atoms with van der Waals surface area (Å²) in [7, 11) is 0. The summed E-state index contributed by atoms with van der Waals surface area (Å²) in [5, 5.41) is 0. The lowest BCUT2D eigenvalue weighted by Crippen LogP contribution is -2.35. The molecule has 0 spiro atoms. The van der Waals surface area contributed by atoms with E-state index in [-0.39, 0.29) is 0 Å². The molecule has 1 heterocycles. The smallest absolute Gasteiger partial charge is 0.376 e. The molecule has 0 saturated carbocycles. The van der Waals surface area contributed by atoms with Crippen LogP contribution in [0.25, 0.3) is 0 Å². The Kier molecular flexibility index (Phi) is 4.63.